The molecule has 0 unspecified atom stereocenters. The number of amides is 1. The summed E-state index contributed by atoms with van der Waals surface area (Å²) in [5.74, 6) is 1.25. The van der Waals surface area contributed by atoms with Crippen LogP contribution in [0.2, 0.25) is 0 Å². The first-order valence-corrected chi connectivity index (χ1v) is 7.11. The molecule has 21 heavy (non-hydrogen) atoms. The van der Waals surface area contributed by atoms with E-state index in [0.717, 1.165) is 30.2 Å². The Morgan fingerprint density at radius 1 is 1.43 bits per heavy atom. The third-order valence-corrected chi connectivity index (χ3v) is 3.95. The second-order valence-corrected chi connectivity index (χ2v) is 5.58. The predicted octanol–water partition coefficient (Wildman–Crippen LogP) is 1.28. The van der Waals surface area contributed by atoms with Crippen LogP contribution in [-0.4, -0.2) is 33.8 Å². The number of benzene rings is 1. The number of hydrogen-bond acceptors (Lipinski definition) is 4. The quantitative estimate of drug-likeness (QED) is 0.891. The third kappa shape index (κ3) is 2.80. The molecule has 0 radical (unpaired) electrons. The average Bonchev–Trinajstić information content (AvgIpc) is 3.07. The predicted molar refractivity (Wildman–Crippen MR) is 80.6 cm³/mol. The summed E-state index contributed by atoms with van der Waals surface area (Å²) in [6.07, 6.45) is 1.66. The van der Waals surface area contributed by atoms with Crippen molar-refractivity contribution in [2.24, 2.45) is 18.9 Å². The van der Waals surface area contributed by atoms with Gasteiger partial charge in [0, 0.05) is 24.8 Å². The molecule has 1 fully saturated rings. The molecule has 3 rings (SSSR count). The molecule has 1 aromatic heterocycles. The van der Waals surface area contributed by atoms with E-state index < -0.39 is 0 Å². The first-order chi connectivity index (χ1) is 10.1. The summed E-state index contributed by atoms with van der Waals surface area (Å²) in [6.45, 7) is 3.74. The monoisotopic (exact) mass is 285 g/mol. The van der Waals surface area contributed by atoms with Gasteiger partial charge in [-0.3, -0.25) is 4.79 Å². The minimum atomic E-state index is 0.0310. The van der Waals surface area contributed by atoms with Gasteiger partial charge >= 0.3 is 0 Å². The normalized spacial score (nSPS) is 21.4. The van der Waals surface area contributed by atoms with Crippen molar-refractivity contribution in [2.45, 2.75) is 6.92 Å². The van der Waals surface area contributed by atoms with Crippen LogP contribution in [-0.2, 0) is 11.8 Å². The lowest BCUT2D eigenvalue weighted by molar-refractivity contribution is -0.120. The lowest BCUT2D eigenvalue weighted by Gasteiger charge is -2.14. The zero-order valence-corrected chi connectivity index (χ0v) is 12.2. The van der Waals surface area contributed by atoms with E-state index in [1.54, 1.807) is 6.33 Å². The highest BCUT2D eigenvalue weighted by atomic mass is 16.1. The number of rotatable bonds is 3. The summed E-state index contributed by atoms with van der Waals surface area (Å²) in [7, 11) is 1.90. The van der Waals surface area contributed by atoms with Crippen molar-refractivity contribution in [1.82, 2.24) is 20.1 Å². The molecule has 2 aromatic rings. The second kappa shape index (κ2) is 5.65. The van der Waals surface area contributed by atoms with Gasteiger partial charge in [0.1, 0.15) is 6.33 Å². The van der Waals surface area contributed by atoms with Crippen molar-refractivity contribution in [3.8, 4) is 11.4 Å². The summed E-state index contributed by atoms with van der Waals surface area (Å²) in [5.41, 5.74) is 1.73. The first kappa shape index (κ1) is 13.8. The molecule has 0 saturated carbocycles. The lowest BCUT2D eigenvalue weighted by Crippen LogP contribution is -2.27. The number of nitrogens with one attached hydrogen (secondary N) is 2. The number of aromatic nitrogens is 3. The maximum atomic E-state index is 12.3. The van der Waals surface area contributed by atoms with Crippen LogP contribution in [0.4, 0.5) is 5.69 Å². The summed E-state index contributed by atoms with van der Waals surface area (Å²) in [5, 5.41) is 14.2. The summed E-state index contributed by atoms with van der Waals surface area (Å²) >= 11 is 0. The van der Waals surface area contributed by atoms with Crippen LogP contribution in [0.25, 0.3) is 11.4 Å². The van der Waals surface area contributed by atoms with Crippen molar-refractivity contribution in [1.29, 1.82) is 0 Å². The smallest absolute Gasteiger partial charge is 0.229 e. The Morgan fingerprint density at radius 2 is 2.29 bits per heavy atom. The van der Waals surface area contributed by atoms with Gasteiger partial charge in [0.15, 0.2) is 5.82 Å². The van der Waals surface area contributed by atoms with Crippen LogP contribution < -0.4 is 10.6 Å². The Morgan fingerprint density at radius 3 is 2.95 bits per heavy atom. The molecule has 1 saturated heterocycles. The van der Waals surface area contributed by atoms with Gasteiger partial charge in [-0.05, 0) is 24.6 Å². The van der Waals surface area contributed by atoms with E-state index >= 15 is 0 Å². The number of anilines is 1. The largest absolute Gasteiger partial charge is 0.326 e. The van der Waals surface area contributed by atoms with E-state index in [0.29, 0.717) is 5.92 Å². The van der Waals surface area contributed by atoms with Gasteiger partial charge in [-0.25, -0.2) is 0 Å². The highest BCUT2D eigenvalue weighted by Crippen LogP contribution is 2.22. The highest BCUT2D eigenvalue weighted by molar-refractivity contribution is 5.93. The molecule has 1 aliphatic heterocycles. The minimum absolute atomic E-state index is 0.0310. The van der Waals surface area contributed by atoms with Crippen LogP contribution in [0.1, 0.15) is 6.92 Å². The van der Waals surface area contributed by atoms with E-state index in [4.69, 9.17) is 0 Å². The van der Waals surface area contributed by atoms with Crippen LogP contribution >= 0.6 is 0 Å². The maximum absolute atomic E-state index is 12.3. The van der Waals surface area contributed by atoms with Crippen molar-refractivity contribution in [2.75, 3.05) is 18.4 Å². The van der Waals surface area contributed by atoms with Crippen molar-refractivity contribution in [3.63, 3.8) is 0 Å². The van der Waals surface area contributed by atoms with E-state index in [9.17, 15) is 4.79 Å². The molecule has 2 heterocycles. The molecular formula is C15H19N5O. The Kier molecular flexibility index (Phi) is 3.70. The van der Waals surface area contributed by atoms with E-state index in [1.165, 1.54) is 0 Å². The molecule has 0 aliphatic carbocycles. The highest BCUT2D eigenvalue weighted by Gasteiger charge is 2.29. The topological polar surface area (TPSA) is 71.8 Å². The Bertz CT molecular complexity index is 651. The molecule has 6 nitrogen and oxygen atoms in total. The van der Waals surface area contributed by atoms with Gasteiger partial charge in [0.2, 0.25) is 5.91 Å². The zero-order chi connectivity index (χ0) is 14.8. The number of nitrogens with zero attached hydrogens (tertiary/aromatic N) is 3. The van der Waals surface area contributed by atoms with Gasteiger partial charge in [-0.1, -0.05) is 19.1 Å². The summed E-state index contributed by atoms with van der Waals surface area (Å²) < 4.78 is 1.85. The number of aryl methyl sites for hydroxylation is 1. The zero-order valence-electron chi connectivity index (χ0n) is 12.2. The van der Waals surface area contributed by atoms with Crippen molar-refractivity contribution in [3.05, 3.63) is 30.6 Å². The van der Waals surface area contributed by atoms with Gasteiger partial charge in [0.05, 0.1) is 5.92 Å². The van der Waals surface area contributed by atoms with Gasteiger partial charge in [0.25, 0.3) is 0 Å². The molecule has 2 atom stereocenters. The van der Waals surface area contributed by atoms with Crippen molar-refractivity contribution >= 4 is 11.6 Å². The lowest BCUT2D eigenvalue weighted by atomic mass is 9.97. The molecule has 2 N–H and O–H groups in total. The Hall–Kier alpha value is -2.21. The number of carbonyl (C=O) groups excluding carboxylic acids is 1. The van der Waals surface area contributed by atoms with Crippen LogP contribution in [0, 0.1) is 11.8 Å². The molecular weight excluding hydrogens is 266 g/mol. The molecule has 6 heteroatoms. The first-order valence-electron chi connectivity index (χ1n) is 7.11. The standard InChI is InChI=1S/C15H19N5O/c1-10-7-16-8-13(10)15(21)18-12-5-3-4-11(6-12)14-19-17-9-20(14)2/h3-6,9-10,13,16H,7-8H2,1-2H3,(H,18,21)/t10-,13-/m1/s1. The van der Waals surface area contributed by atoms with E-state index in [1.807, 2.05) is 35.9 Å². The van der Waals surface area contributed by atoms with E-state index in [2.05, 4.69) is 27.8 Å². The fourth-order valence-electron chi connectivity index (χ4n) is 2.68. The molecule has 0 spiro atoms. The minimum Gasteiger partial charge on any atom is -0.326 e. The van der Waals surface area contributed by atoms with Crippen LogP contribution in [0.3, 0.4) is 0 Å². The fraction of sp³-hybridized carbons (Fsp3) is 0.400. The van der Waals surface area contributed by atoms with Gasteiger partial charge in [-0.2, -0.15) is 0 Å². The van der Waals surface area contributed by atoms with E-state index in [-0.39, 0.29) is 11.8 Å². The molecule has 1 aliphatic rings. The second-order valence-electron chi connectivity index (χ2n) is 5.58. The summed E-state index contributed by atoms with van der Waals surface area (Å²) in [4.78, 5) is 12.3. The number of carbonyl (C=O) groups is 1. The fourth-order valence-corrected chi connectivity index (χ4v) is 2.68. The maximum Gasteiger partial charge on any atom is 0.229 e. The van der Waals surface area contributed by atoms with Gasteiger partial charge in [-0.15, -0.1) is 10.2 Å². The summed E-state index contributed by atoms with van der Waals surface area (Å²) in [6, 6.07) is 7.69. The molecule has 1 aromatic carbocycles. The van der Waals surface area contributed by atoms with Gasteiger partial charge < -0.3 is 15.2 Å². The molecule has 0 bridgehead atoms. The Balaban J connectivity index is 1.77. The average molecular weight is 285 g/mol. The molecule has 110 valence electrons. The third-order valence-electron chi connectivity index (χ3n) is 3.95. The van der Waals surface area contributed by atoms with Crippen LogP contribution in [0.15, 0.2) is 30.6 Å². The van der Waals surface area contributed by atoms with Crippen molar-refractivity contribution < 1.29 is 4.79 Å². The van der Waals surface area contributed by atoms with Crippen LogP contribution in [0.5, 0.6) is 0 Å². The molecule has 1 amide bonds. The Labute approximate surface area is 123 Å². The number of hydrogen-bond donors (Lipinski definition) is 2. The SMILES string of the molecule is C[C@@H]1CNC[C@H]1C(=O)Nc1cccc(-c2nncn2C)c1.